The van der Waals surface area contributed by atoms with Crippen molar-refractivity contribution in [2.45, 2.75) is 52.2 Å². The van der Waals surface area contributed by atoms with E-state index in [1.54, 1.807) is 6.92 Å². The normalized spacial score (nSPS) is 13.4. The Hall–Kier alpha value is -1.39. The first kappa shape index (κ1) is 17.7. The zero-order valence-electron chi connectivity index (χ0n) is 13.5. The molecule has 4 nitrogen and oxygen atoms in total. The Bertz CT molecular complexity index is 446. The highest BCUT2D eigenvalue weighted by atomic mass is 16.4. The van der Waals surface area contributed by atoms with E-state index < -0.39 is 12.1 Å². The van der Waals surface area contributed by atoms with Crippen molar-refractivity contribution in [1.82, 2.24) is 4.90 Å². The van der Waals surface area contributed by atoms with Crippen molar-refractivity contribution in [3.05, 3.63) is 35.4 Å². The van der Waals surface area contributed by atoms with Gasteiger partial charge in [-0.25, -0.2) is 0 Å². The Morgan fingerprint density at radius 2 is 1.81 bits per heavy atom. The maximum Gasteiger partial charge on any atom is 0.304 e. The summed E-state index contributed by atoms with van der Waals surface area (Å²) in [5.74, 6) is -0.811. The number of aliphatic carboxylic acids is 1. The predicted molar refractivity (Wildman–Crippen MR) is 84.4 cm³/mol. The van der Waals surface area contributed by atoms with Crippen molar-refractivity contribution in [3.63, 3.8) is 0 Å². The molecule has 0 aromatic heterocycles. The second-order valence-electron chi connectivity index (χ2n) is 6.67. The van der Waals surface area contributed by atoms with E-state index in [-0.39, 0.29) is 11.8 Å². The smallest absolute Gasteiger partial charge is 0.304 e. The van der Waals surface area contributed by atoms with Gasteiger partial charge < -0.3 is 10.2 Å². The van der Waals surface area contributed by atoms with Gasteiger partial charge in [0.15, 0.2) is 0 Å². The average Bonchev–Trinajstić information content (AvgIpc) is 2.35. The van der Waals surface area contributed by atoms with Crippen LogP contribution in [0.2, 0.25) is 0 Å². The zero-order valence-corrected chi connectivity index (χ0v) is 13.5. The van der Waals surface area contributed by atoms with E-state index in [4.69, 9.17) is 5.11 Å². The summed E-state index contributed by atoms with van der Waals surface area (Å²) in [5.41, 5.74) is 2.54. The third kappa shape index (κ3) is 6.74. The Kier molecular flexibility index (Phi) is 6.37. The molecular formula is C17H27NO3. The molecule has 0 saturated heterocycles. The molecule has 2 N–H and O–H groups in total. The van der Waals surface area contributed by atoms with Crippen molar-refractivity contribution in [2.24, 2.45) is 0 Å². The lowest BCUT2D eigenvalue weighted by Crippen LogP contribution is -2.32. The van der Waals surface area contributed by atoms with Crippen molar-refractivity contribution in [2.75, 3.05) is 13.1 Å². The standard InChI is InChI=1S/C17H27NO3/c1-13(19)11-18(10-9-16(20)21)12-14-5-7-15(8-6-14)17(2,3)4/h5-8,13,19H,9-12H2,1-4H3,(H,20,21). The molecule has 4 heteroatoms. The van der Waals surface area contributed by atoms with Crippen LogP contribution in [-0.2, 0) is 16.8 Å². The summed E-state index contributed by atoms with van der Waals surface area (Å²) in [6.45, 7) is 9.83. The highest BCUT2D eigenvalue weighted by Gasteiger charge is 2.14. The van der Waals surface area contributed by atoms with E-state index in [0.29, 0.717) is 19.6 Å². The van der Waals surface area contributed by atoms with Crippen LogP contribution in [0.1, 0.15) is 45.2 Å². The van der Waals surface area contributed by atoms with Gasteiger partial charge in [0, 0.05) is 19.6 Å². The molecule has 118 valence electrons. The lowest BCUT2D eigenvalue weighted by atomic mass is 9.87. The minimum atomic E-state index is -0.811. The largest absolute Gasteiger partial charge is 0.481 e. The first-order valence-electron chi connectivity index (χ1n) is 7.40. The number of nitrogens with zero attached hydrogens (tertiary/aromatic N) is 1. The van der Waals surface area contributed by atoms with Gasteiger partial charge in [-0.05, 0) is 23.5 Å². The minimum Gasteiger partial charge on any atom is -0.481 e. The lowest BCUT2D eigenvalue weighted by Gasteiger charge is -2.24. The van der Waals surface area contributed by atoms with Gasteiger partial charge >= 0.3 is 5.97 Å². The summed E-state index contributed by atoms with van der Waals surface area (Å²) < 4.78 is 0. The molecule has 0 saturated carbocycles. The number of rotatable bonds is 7. The molecule has 1 rings (SSSR count). The highest BCUT2D eigenvalue weighted by molar-refractivity contribution is 5.66. The molecule has 0 heterocycles. The second-order valence-corrected chi connectivity index (χ2v) is 6.67. The summed E-state index contributed by atoms with van der Waals surface area (Å²) in [4.78, 5) is 12.7. The maximum atomic E-state index is 10.7. The fourth-order valence-corrected chi connectivity index (χ4v) is 2.23. The van der Waals surface area contributed by atoms with Gasteiger partial charge in [-0.3, -0.25) is 9.69 Å². The van der Waals surface area contributed by atoms with Crippen LogP contribution < -0.4 is 0 Å². The molecule has 21 heavy (non-hydrogen) atoms. The van der Waals surface area contributed by atoms with Crippen molar-refractivity contribution in [1.29, 1.82) is 0 Å². The maximum absolute atomic E-state index is 10.7. The minimum absolute atomic E-state index is 0.0901. The first-order chi connectivity index (χ1) is 9.68. The summed E-state index contributed by atoms with van der Waals surface area (Å²) in [7, 11) is 0. The fourth-order valence-electron chi connectivity index (χ4n) is 2.23. The predicted octanol–water partition coefficient (Wildman–Crippen LogP) is 2.64. The summed E-state index contributed by atoms with van der Waals surface area (Å²) >= 11 is 0. The van der Waals surface area contributed by atoms with Crippen LogP contribution in [0.25, 0.3) is 0 Å². The van der Waals surface area contributed by atoms with Crippen molar-refractivity contribution >= 4 is 5.97 Å². The summed E-state index contributed by atoms with van der Waals surface area (Å²) in [6.07, 6.45) is -0.375. The number of carbonyl (C=O) groups is 1. The molecule has 1 aromatic carbocycles. The molecule has 0 amide bonds. The number of aliphatic hydroxyl groups is 1. The van der Waals surface area contributed by atoms with Crippen molar-refractivity contribution < 1.29 is 15.0 Å². The molecule has 0 aliphatic carbocycles. The van der Waals surface area contributed by atoms with Gasteiger partial charge in [0.05, 0.1) is 12.5 Å². The van der Waals surface area contributed by atoms with Crippen LogP contribution in [0.5, 0.6) is 0 Å². The lowest BCUT2D eigenvalue weighted by molar-refractivity contribution is -0.137. The topological polar surface area (TPSA) is 60.8 Å². The number of benzene rings is 1. The van der Waals surface area contributed by atoms with Gasteiger partial charge in [0.2, 0.25) is 0 Å². The Balaban J connectivity index is 2.71. The van der Waals surface area contributed by atoms with Crippen LogP contribution in [-0.4, -0.2) is 40.3 Å². The average molecular weight is 293 g/mol. The van der Waals surface area contributed by atoms with Crippen LogP contribution in [0, 0.1) is 0 Å². The SMILES string of the molecule is CC(O)CN(CCC(=O)O)Cc1ccc(C(C)(C)C)cc1. The Morgan fingerprint density at radius 1 is 1.24 bits per heavy atom. The molecule has 0 fully saturated rings. The van der Waals surface area contributed by atoms with Crippen molar-refractivity contribution in [3.8, 4) is 0 Å². The van der Waals surface area contributed by atoms with E-state index >= 15 is 0 Å². The molecule has 0 bridgehead atoms. The van der Waals surface area contributed by atoms with E-state index in [1.807, 2.05) is 4.90 Å². The van der Waals surface area contributed by atoms with E-state index in [0.717, 1.165) is 5.56 Å². The molecule has 1 unspecified atom stereocenters. The van der Waals surface area contributed by atoms with Crippen LogP contribution >= 0.6 is 0 Å². The first-order valence-corrected chi connectivity index (χ1v) is 7.40. The Labute approximate surface area is 127 Å². The number of hydrogen-bond acceptors (Lipinski definition) is 3. The van der Waals surface area contributed by atoms with E-state index in [2.05, 4.69) is 45.0 Å². The number of carboxylic acids is 1. The highest BCUT2D eigenvalue weighted by Crippen LogP contribution is 2.22. The zero-order chi connectivity index (χ0) is 16.0. The van der Waals surface area contributed by atoms with Crippen LogP contribution in [0.4, 0.5) is 0 Å². The van der Waals surface area contributed by atoms with Crippen LogP contribution in [0.3, 0.4) is 0 Å². The number of hydrogen-bond donors (Lipinski definition) is 2. The Morgan fingerprint density at radius 3 is 2.24 bits per heavy atom. The summed E-state index contributed by atoms with van der Waals surface area (Å²) in [5, 5.41) is 18.3. The summed E-state index contributed by atoms with van der Waals surface area (Å²) in [6, 6.07) is 8.40. The van der Waals surface area contributed by atoms with Gasteiger partial charge in [-0.15, -0.1) is 0 Å². The third-order valence-electron chi connectivity index (χ3n) is 3.39. The molecule has 0 radical (unpaired) electrons. The molecule has 0 spiro atoms. The third-order valence-corrected chi connectivity index (χ3v) is 3.39. The molecule has 1 aromatic rings. The number of aliphatic hydroxyl groups excluding tert-OH is 1. The van der Waals surface area contributed by atoms with Gasteiger partial charge in [-0.2, -0.15) is 0 Å². The van der Waals surface area contributed by atoms with Gasteiger partial charge in [0.25, 0.3) is 0 Å². The molecule has 0 aliphatic rings. The fraction of sp³-hybridized carbons (Fsp3) is 0.588. The second kappa shape index (κ2) is 7.57. The van der Waals surface area contributed by atoms with Gasteiger partial charge in [0.1, 0.15) is 0 Å². The van der Waals surface area contributed by atoms with Crippen LogP contribution in [0.15, 0.2) is 24.3 Å². The quantitative estimate of drug-likeness (QED) is 0.811. The van der Waals surface area contributed by atoms with E-state index in [9.17, 15) is 9.90 Å². The molecule has 1 atom stereocenters. The van der Waals surface area contributed by atoms with E-state index in [1.165, 1.54) is 5.56 Å². The molecular weight excluding hydrogens is 266 g/mol. The van der Waals surface area contributed by atoms with Gasteiger partial charge in [-0.1, -0.05) is 45.0 Å². The number of carboxylic acid groups (broad SMARTS) is 1. The molecule has 0 aliphatic heterocycles. The monoisotopic (exact) mass is 293 g/mol.